The predicted octanol–water partition coefficient (Wildman–Crippen LogP) is 2.47. The summed E-state index contributed by atoms with van der Waals surface area (Å²) in [5.74, 6) is 0. The van der Waals surface area contributed by atoms with Gasteiger partial charge in [-0.15, -0.1) is 0 Å². The number of amides is 1. The molecule has 1 atom stereocenters. The maximum absolute atomic E-state index is 11.7. The molecule has 0 aliphatic carbocycles. The van der Waals surface area contributed by atoms with Gasteiger partial charge in [-0.25, -0.2) is 5.21 Å². The van der Waals surface area contributed by atoms with Crippen molar-refractivity contribution in [2.75, 3.05) is 13.2 Å². The third-order valence-electron chi connectivity index (χ3n) is 2.50. The van der Waals surface area contributed by atoms with E-state index in [1.54, 1.807) is 13.8 Å². The van der Waals surface area contributed by atoms with Crippen molar-refractivity contribution in [3.63, 3.8) is 0 Å². The van der Waals surface area contributed by atoms with Crippen molar-refractivity contribution >= 4 is 17.5 Å². The zero-order valence-corrected chi connectivity index (χ0v) is 10.2. The number of non-ortho nitro benzene ring substituents is 1. The monoisotopic (exact) mass is 255 g/mol. The standard InChI is InChI=1S/C11H15N2O5/c1-3-13(17,11(14)18-4-2)10-7-5-6-9(8-10)12(15)16/h5-8,17H,3-4H2,1-2H3/q+1. The molecule has 1 N–H and O–H groups in total. The fraction of sp³-hybridized carbons (Fsp3) is 0.364. The van der Waals surface area contributed by atoms with Gasteiger partial charge < -0.3 is 4.74 Å². The number of hydrogen-bond donors (Lipinski definition) is 1. The summed E-state index contributed by atoms with van der Waals surface area (Å²) in [6, 6.07) is 5.29. The summed E-state index contributed by atoms with van der Waals surface area (Å²) in [5, 5.41) is 20.9. The fourth-order valence-electron chi connectivity index (χ4n) is 1.48. The molecule has 0 radical (unpaired) electrons. The summed E-state index contributed by atoms with van der Waals surface area (Å²) >= 11 is 0. The molecular formula is C11H15N2O5+. The van der Waals surface area contributed by atoms with E-state index in [0.29, 0.717) is 0 Å². The third-order valence-corrected chi connectivity index (χ3v) is 2.50. The van der Waals surface area contributed by atoms with Crippen LogP contribution in [0, 0.1) is 10.1 Å². The number of rotatable bonds is 4. The molecule has 1 unspecified atom stereocenters. The van der Waals surface area contributed by atoms with Gasteiger partial charge in [0.2, 0.25) is 0 Å². The summed E-state index contributed by atoms with van der Waals surface area (Å²) < 4.78 is 3.65. The van der Waals surface area contributed by atoms with Gasteiger partial charge >= 0.3 is 6.09 Å². The van der Waals surface area contributed by atoms with E-state index in [2.05, 4.69) is 0 Å². The number of carbonyl (C=O) groups excluding carboxylic acids is 1. The minimum atomic E-state index is -1.12. The largest absolute Gasteiger partial charge is 0.554 e. The van der Waals surface area contributed by atoms with Crippen molar-refractivity contribution in [2.45, 2.75) is 13.8 Å². The minimum absolute atomic E-state index is 0.0139. The Morgan fingerprint density at radius 2 is 2.17 bits per heavy atom. The molecule has 0 aliphatic heterocycles. The summed E-state index contributed by atoms with van der Waals surface area (Å²) in [4.78, 5) is 21.8. The second kappa shape index (κ2) is 5.56. The first-order valence-corrected chi connectivity index (χ1v) is 5.48. The van der Waals surface area contributed by atoms with E-state index in [4.69, 9.17) is 4.74 Å². The minimum Gasteiger partial charge on any atom is -0.418 e. The molecular weight excluding hydrogens is 240 g/mol. The lowest BCUT2D eigenvalue weighted by atomic mass is 10.2. The summed E-state index contributed by atoms with van der Waals surface area (Å²) in [5.41, 5.74) is -0.0908. The number of nitro benzene ring substituents is 1. The van der Waals surface area contributed by atoms with Crippen LogP contribution in [0.1, 0.15) is 13.8 Å². The topological polar surface area (TPSA) is 89.7 Å². The number of carbonyl (C=O) groups is 1. The number of ether oxygens (including phenoxy) is 1. The van der Waals surface area contributed by atoms with E-state index in [-0.39, 0.29) is 24.5 Å². The molecule has 18 heavy (non-hydrogen) atoms. The van der Waals surface area contributed by atoms with Gasteiger partial charge in [-0.05, 0) is 19.9 Å². The van der Waals surface area contributed by atoms with Crippen molar-refractivity contribution < 1.29 is 19.7 Å². The lowest BCUT2D eigenvalue weighted by Gasteiger charge is -2.23. The number of nitrogens with zero attached hydrogens (tertiary/aromatic N) is 2. The van der Waals surface area contributed by atoms with Crippen LogP contribution in [-0.2, 0) is 4.74 Å². The van der Waals surface area contributed by atoms with Crippen LogP contribution < -0.4 is 4.65 Å². The summed E-state index contributed by atoms with van der Waals surface area (Å²) in [6.07, 6.45) is -0.861. The first-order valence-electron chi connectivity index (χ1n) is 5.48. The summed E-state index contributed by atoms with van der Waals surface area (Å²) in [6.45, 7) is 3.33. The van der Waals surface area contributed by atoms with Gasteiger partial charge in [0.25, 0.3) is 5.69 Å². The van der Waals surface area contributed by atoms with Gasteiger partial charge in [-0.2, -0.15) is 4.79 Å². The number of nitro groups is 1. The SMILES string of the molecule is CCOC(=O)[N+](O)(CC)c1cccc([N+](=O)[O-])c1. The van der Waals surface area contributed by atoms with Crippen molar-refractivity contribution in [1.29, 1.82) is 0 Å². The molecule has 1 amide bonds. The van der Waals surface area contributed by atoms with Gasteiger partial charge in [-0.1, -0.05) is 4.65 Å². The van der Waals surface area contributed by atoms with E-state index in [1.165, 1.54) is 18.2 Å². The molecule has 1 rings (SSSR count). The highest BCUT2D eigenvalue weighted by Crippen LogP contribution is 2.26. The van der Waals surface area contributed by atoms with Crippen molar-refractivity contribution in [2.24, 2.45) is 0 Å². The number of hydroxylamine groups is 2. The maximum atomic E-state index is 11.7. The average molecular weight is 255 g/mol. The highest BCUT2D eigenvalue weighted by molar-refractivity contribution is 5.80. The Labute approximate surface area is 104 Å². The molecule has 0 aliphatic rings. The van der Waals surface area contributed by atoms with Crippen LogP contribution in [0.4, 0.5) is 16.2 Å². The Morgan fingerprint density at radius 1 is 1.50 bits per heavy atom. The Hall–Kier alpha value is -1.99. The molecule has 0 saturated heterocycles. The molecule has 0 spiro atoms. The van der Waals surface area contributed by atoms with Gasteiger partial charge in [-0.3, -0.25) is 10.1 Å². The van der Waals surface area contributed by atoms with E-state index in [1.807, 2.05) is 0 Å². The molecule has 1 aromatic carbocycles. The molecule has 98 valence electrons. The molecule has 0 heterocycles. The van der Waals surface area contributed by atoms with Crippen molar-refractivity contribution in [1.82, 2.24) is 4.65 Å². The van der Waals surface area contributed by atoms with Gasteiger partial charge in [0.05, 0.1) is 17.6 Å². The average Bonchev–Trinajstić information content (AvgIpc) is 2.38. The third kappa shape index (κ3) is 2.63. The van der Waals surface area contributed by atoms with Crippen LogP contribution in [-0.4, -0.2) is 29.4 Å². The number of hydrogen-bond acceptors (Lipinski definition) is 5. The zero-order chi connectivity index (χ0) is 13.8. The Kier molecular flexibility index (Phi) is 4.35. The Morgan fingerprint density at radius 3 is 2.67 bits per heavy atom. The first-order chi connectivity index (χ1) is 8.45. The predicted molar refractivity (Wildman–Crippen MR) is 64.2 cm³/mol. The van der Waals surface area contributed by atoms with Crippen LogP contribution >= 0.6 is 0 Å². The van der Waals surface area contributed by atoms with Gasteiger partial charge in [0, 0.05) is 12.1 Å². The molecule has 1 aromatic rings. The number of benzene rings is 1. The van der Waals surface area contributed by atoms with Crippen LogP contribution in [0.2, 0.25) is 0 Å². The highest BCUT2D eigenvalue weighted by atomic mass is 16.7. The highest BCUT2D eigenvalue weighted by Gasteiger charge is 2.40. The van der Waals surface area contributed by atoms with Gasteiger partial charge in [0.1, 0.15) is 6.54 Å². The lowest BCUT2D eigenvalue weighted by molar-refractivity contribution is -0.384. The second-order valence-electron chi connectivity index (χ2n) is 3.56. The lowest BCUT2D eigenvalue weighted by Crippen LogP contribution is -2.51. The molecule has 0 fully saturated rings. The second-order valence-corrected chi connectivity index (χ2v) is 3.56. The molecule has 0 saturated carbocycles. The first kappa shape index (κ1) is 14.1. The van der Waals surface area contributed by atoms with E-state index >= 15 is 0 Å². The van der Waals surface area contributed by atoms with E-state index < -0.39 is 15.7 Å². The van der Waals surface area contributed by atoms with Crippen molar-refractivity contribution in [3.8, 4) is 0 Å². The van der Waals surface area contributed by atoms with E-state index in [0.717, 1.165) is 6.07 Å². The number of quaternary nitrogens is 1. The summed E-state index contributed by atoms with van der Waals surface area (Å²) in [7, 11) is 0. The van der Waals surface area contributed by atoms with Crippen LogP contribution in [0.5, 0.6) is 0 Å². The molecule has 0 bridgehead atoms. The van der Waals surface area contributed by atoms with Crippen molar-refractivity contribution in [3.05, 3.63) is 34.4 Å². The quantitative estimate of drug-likeness (QED) is 0.386. The normalized spacial score (nSPS) is 13.7. The smallest absolute Gasteiger partial charge is 0.418 e. The van der Waals surface area contributed by atoms with E-state index in [9.17, 15) is 20.1 Å². The molecule has 7 heteroatoms. The Bertz CT molecular complexity index is 463. The van der Waals surface area contributed by atoms with Crippen LogP contribution in [0.15, 0.2) is 24.3 Å². The maximum Gasteiger partial charge on any atom is 0.554 e. The van der Waals surface area contributed by atoms with Crippen LogP contribution in [0.3, 0.4) is 0 Å². The molecule has 0 aromatic heterocycles. The molecule has 7 nitrogen and oxygen atoms in total. The Balaban J connectivity index is 3.19. The van der Waals surface area contributed by atoms with Crippen LogP contribution in [0.25, 0.3) is 0 Å². The fourth-order valence-corrected chi connectivity index (χ4v) is 1.48. The van der Waals surface area contributed by atoms with Gasteiger partial charge in [0.15, 0.2) is 5.69 Å². The zero-order valence-electron chi connectivity index (χ0n) is 10.2.